The van der Waals surface area contributed by atoms with E-state index < -0.39 is 0 Å². The van der Waals surface area contributed by atoms with E-state index in [0.717, 1.165) is 52.2 Å². The van der Waals surface area contributed by atoms with Crippen LogP contribution < -0.4 is 5.32 Å². The van der Waals surface area contributed by atoms with Crippen molar-refractivity contribution < 1.29 is 9.53 Å². The molecular formula is C16H25N3O2S. The smallest absolute Gasteiger partial charge is 0.317 e. The first kappa shape index (κ1) is 15.8. The van der Waals surface area contributed by atoms with Crippen LogP contribution in [0.4, 0.5) is 4.79 Å². The molecule has 3 heterocycles. The molecule has 0 radical (unpaired) electrons. The summed E-state index contributed by atoms with van der Waals surface area (Å²) < 4.78 is 5.34. The van der Waals surface area contributed by atoms with E-state index in [0.29, 0.717) is 6.54 Å². The summed E-state index contributed by atoms with van der Waals surface area (Å²) >= 11 is 1.82. The second kappa shape index (κ2) is 7.44. The molecule has 6 heteroatoms. The van der Waals surface area contributed by atoms with Crippen molar-refractivity contribution in [3.8, 4) is 0 Å². The van der Waals surface area contributed by atoms with Gasteiger partial charge in [-0.15, -0.1) is 11.3 Å². The molecule has 2 aliphatic rings. The van der Waals surface area contributed by atoms with Gasteiger partial charge in [0.2, 0.25) is 0 Å². The summed E-state index contributed by atoms with van der Waals surface area (Å²) in [5.74, 6) is 0. The molecule has 1 fully saturated rings. The average Bonchev–Trinajstić information content (AvgIpc) is 3.03. The Kier molecular flexibility index (Phi) is 5.33. The molecular weight excluding hydrogens is 298 g/mol. The van der Waals surface area contributed by atoms with Crippen LogP contribution in [0.5, 0.6) is 0 Å². The van der Waals surface area contributed by atoms with Crippen molar-refractivity contribution >= 4 is 17.4 Å². The largest absolute Gasteiger partial charge is 0.379 e. The summed E-state index contributed by atoms with van der Waals surface area (Å²) in [6.45, 7) is 8.15. The zero-order valence-corrected chi connectivity index (χ0v) is 14.0. The Morgan fingerprint density at radius 1 is 1.41 bits per heavy atom. The number of carbonyl (C=O) groups is 1. The maximum atomic E-state index is 12.5. The number of nitrogens with zero attached hydrogens (tertiary/aromatic N) is 2. The lowest BCUT2D eigenvalue weighted by atomic mass is 9.98. The molecule has 1 saturated heterocycles. The molecule has 0 aromatic carbocycles. The molecule has 1 unspecified atom stereocenters. The fourth-order valence-electron chi connectivity index (χ4n) is 3.33. The van der Waals surface area contributed by atoms with E-state index in [-0.39, 0.29) is 12.1 Å². The van der Waals surface area contributed by atoms with Gasteiger partial charge < -0.3 is 15.0 Å². The number of amides is 2. The van der Waals surface area contributed by atoms with Crippen LogP contribution in [0.15, 0.2) is 11.4 Å². The number of hydrogen-bond donors (Lipinski definition) is 1. The third-order valence-electron chi connectivity index (χ3n) is 4.55. The summed E-state index contributed by atoms with van der Waals surface area (Å²) in [5, 5.41) is 5.24. The van der Waals surface area contributed by atoms with E-state index in [1.54, 1.807) is 0 Å². The molecule has 1 aromatic rings. The first-order valence-electron chi connectivity index (χ1n) is 8.20. The standard InChI is InChI=1S/C16H25N3O2S/c1-2-14-13-4-12-22-15(13)3-6-19(14)16(20)17-5-7-18-8-10-21-11-9-18/h4,12,14H,2-3,5-11H2,1H3,(H,17,20). The molecule has 0 spiro atoms. The SMILES string of the molecule is CCC1c2ccsc2CCN1C(=O)NCCN1CCOCC1. The number of ether oxygens (including phenoxy) is 1. The van der Waals surface area contributed by atoms with E-state index in [4.69, 9.17) is 4.74 Å². The number of nitrogens with one attached hydrogen (secondary N) is 1. The fourth-order valence-corrected chi connectivity index (χ4v) is 4.26. The van der Waals surface area contributed by atoms with Gasteiger partial charge in [0.05, 0.1) is 19.3 Å². The first-order valence-corrected chi connectivity index (χ1v) is 9.08. The molecule has 122 valence electrons. The summed E-state index contributed by atoms with van der Waals surface area (Å²) in [7, 11) is 0. The second-order valence-corrected chi connectivity index (χ2v) is 6.85. The van der Waals surface area contributed by atoms with Gasteiger partial charge in [0.1, 0.15) is 0 Å². The van der Waals surface area contributed by atoms with Crippen LogP contribution in [0.1, 0.15) is 29.8 Å². The van der Waals surface area contributed by atoms with Crippen LogP contribution >= 0.6 is 11.3 Å². The summed E-state index contributed by atoms with van der Waals surface area (Å²) in [5.41, 5.74) is 1.35. The molecule has 1 N–H and O–H groups in total. The van der Waals surface area contributed by atoms with E-state index in [2.05, 4.69) is 28.6 Å². The summed E-state index contributed by atoms with van der Waals surface area (Å²) in [4.78, 5) is 18.3. The molecule has 0 aliphatic carbocycles. The average molecular weight is 323 g/mol. The number of fused-ring (bicyclic) bond motifs is 1. The van der Waals surface area contributed by atoms with Crippen LogP contribution in [0.2, 0.25) is 0 Å². The van der Waals surface area contributed by atoms with Gasteiger partial charge in [-0.1, -0.05) is 6.92 Å². The number of thiophene rings is 1. The zero-order chi connectivity index (χ0) is 15.4. The molecule has 22 heavy (non-hydrogen) atoms. The van der Waals surface area contributed by atoms with E-state index >= 15 is 0 Å². The summed E-state index contributed by atoms with van der Waals surface area (Å²) in [6, 6.07) is 2.50. The van der Waals surface area contributed by atoms with E-state index in [1.807, 2.05) is 16.2 Å². The van der Waals surface area contributed by atoms with E-state index in [9.17, 15) is 4.79 Å². The first-order chi connectivity index (χ1) is 10.8. The van der Waals surface area contributed by atoms with Gasteiger partial charge in [-0.3, -0.25) is 4.90 Å². The van der Waals surface area contributed by atoms with Crippen LogP contribution in [0, 0.1) is 0 Å². The lowest BCUT2D eigenvalue weighted by Crippen LogP contribution is -2.48. The minimum absolute atomic E-state index is 0.0805. The Morgan fingerprint density at radius 2 is 2.23 bits per heavy atom. The Morgan fingerprint density at radius 3 is 3.00 bits per heavy atom. The number of morpholine rings is 1. The minimum atomic E-state index is 0.0805. The van der Waals surface area contributed by atoms with Gasteiger partial charge in [-0.2, -0.15) is 0 Å². The Bertz CT molecular complexity index is 499. The third kappa shape index (κ3) is 3.45. The van der Waals surface area contributed by atoms with Crippen molar-refractivity contribution in [3.63, 3.8) is 0 Å². The van der Waals surface area contributed by atoms with Crippen LogP contribution in [-0.2, 0) is 11.2 Å². The van der Waals surface area contributed by atoms with Gasteiger partial charge in [0.25, 0.3) is 0 Å². The van der Waals surface area contributed by atoms with Gasteiger partial charge in [0, 0.05) is 37.6 Å². The highest BCUT2D eigenvalue weighted by atomic mass is 32.1. The van der Waals surface area contributed by atoms with Gasteiger partial charge >= 0.3 is 6.03 Å². The molecule has 0 bridgehead atoms. The normalized spacial score (nSPS) is 22.4. The van der Waals surface area contributed by atoms with Crippen LogP contribution in [0.3, 0.4) is 0 Å². The Labute approximate surface area is 136 Å². The predicted molar refractivity (Wildman–Crippen MR) is 88.4 cm³/mol. The molecule has 2 aliphatic heterocycles. The topological polar surface area (TPSA) is 44.8 Å². The Hall–Kier alpha value is -1.11. The number of rotatable bonds is 4. The highest BCUT2D eigenvalue weighted by Crippen LogP contribution is 2.34. The summed E-state index contributed by atoms with van der Waals surface area (Å²) in [6.07, 6.45) is 1.96. The number of hydrogen-bond acceptors (Lipinski definition) is 4. The highest BCUT2D eigenvalue weighted by molar-refractivity contribution is 7.10. The van der Waals surface area contributed by atoms with Gasteiger partial charge in [-0.25, -0.2) is 4.79 Å². The zero-order valence-electron chi connectivity index (χ0n) is 13.2. The van der Waals surface area contributed by atoms with Gasteiger partial charge in [0.15, 0.2) is 0 Å². The van der Waals surface area contributed by atoms with Gasteiger partial charge in [-0.05, 0) is 29.9 Å². The number of carbonyl (C=O) groups excluding carboxylic acids is 1. The van der Waals surface area contributed by atoms with Crippen molar-refractivity contribution in [3.05, 3.63) is 21.9 Å². The maximum Gasteiger partial charge on any atom is 0.317 e. The lowest BCUT2D eigenvalue weighted by Gasteiger charge is -2.35. The second-order valence-electron chi connectivity index (χ2n) is 5.85. The van der Waals surface area contributed by atoms with Crippen LogP contribution in [0.25, 0.3) is 0 Å². The third-order valence-corrected chi connectivity index (χ3v) is 5.55. The van der Waals surface area contributed by atoms with Crippen molar-refractivity contribution in [2.75, 3.05) is 45.9 Å². The molecule has 1 aromatic heterocycles. The van der Waals surface area contributed by atoms with Crippen molar-refractivity contribution in [2.45, 2.75) is 25.8 Å². The van der Waals surface area contributed by atoms with Crippen molar-refractivity contribution in [1.82, 2.24) is 15.1 Å². The quantitative estimate of drug-likeness (QED) is 0.923. The van der Waals surface area contributed by atoms with Crippen molar-refractivity contribution in [1.29, 1.82) is 0 Å². The molecule has 2 amide bonds. The monoisotopic (exact) mass is 323 g/mol. The Balaban J connectivity index is 1.51. The maximum absolute atomic E-state index is 12.5. The van der Waals surface area contributed by atoms with Crippen molar-refractivity contribution in [2.24, 2.45) is 0 Å². The molecule has 3 rings (SSSR count). The molecule has 5 nitrogen and oxygen atoms in total. The molecule has 0 saturated carbocycles. The number of urea groups is 1. The predicted octanol–water partition coefficient (Wildman–Crippen LogP) is 2.10. The highest BCUT2D eigenvalue weighted by Gasteiger charge is 2.30. The van der Waals surface area contributed by atoms with E-state index in [1.165, 1.54) is 10.4 Å². The lowest BCUT2D eigenvalue weighted by molar-refractivity contribution is 0.0385. The minimum Gasteiger partial charge on any atom is -0.379 e. The fraction of sp³-hybridized carbons (Fsp3) is 0.688. The molecule has 1 atom stereocenters. The van der Waals surface area contributed by atoms with Crippen LogP contribution in [-0.4, -0.2) is 61.8 Å².